The zero-order valence-electron chi connectivity index (χ0n) is 11.3. The summed E-state index contributed by atoms with van der Waals surface area (Å²) in [4.78, 5) is 23.8. The Morgan fingerprint density at radius 3 is 2.35 bits per heavy atom. The maximum absolute atomic E-state index is 11.3. The van der Waals surface area contributed by atoms with Crippen LogP contribution in [0.25, 0.3) is 0 Å². The van der Waals surface area contributed by atoms with Crippen LogP contribution in [0.15, 0.2) is 0 Å². The van der Waals surface area contributed by atoms with Crippen LogP contribution in [0, 0.1) is 0 Å². The van der Waals surface area contributed by atoms with Crippen molar-refractivity contribution in [2.24, 2.45) is 0 Å². The molecule has 1 N–H and O–H groups in total. The molecule has 0 bridgehead atoms. The molecule has 0 aromatic heterocycles. The number of carbonyl (C=O) groups excluding carboxylic acids is 2. The van der Waals surface area contributed by atoms with Crippen LogP contribution in [-0.4, -0.2) is 44.9 Å². The summed E-state index contributed by atoms with van der Waals surface area (Å²) in [5, 5.41) is 2.63. The molecule has 5 nitrogen and oxygen atoms in total. The summed E-state index contributed by atoms with van der Waals surface area (Å²) in [5.74, 6) is -0.172. The van der Waals surface area contributed by atoms with E-state index in [0.29, 0.717) is 13.2 Å². The fraction of sp³-hybridized carbons (Fsp3) is 0.818. The first-order valence-electron chi connectivity index (χ1n) is 5.87. The Labute approximate surface area is 104 Å². The quantitative estimate of drug-likeness (QED) is 0.615. The molecule has 1 heterocycles. The van der Waals surface area contributed by atoms with Crippen LogP contribution < -0.4 is 5.32 Å². The van der Waals surface area contributed by atoms with Crippen LogP contribution in [0.5, 0.6) is 0 Å². The number of hydrogen-bond donors (Lipinski definition) is 1. The standard InChI is InChI=1S/C11H22N2O3Si/c1-11(2,3)17(4,5)16-7-6-13-9(14)8-12-10(13)15/h6-8H2,1-5H3,(H,12,15). The van der Waals surface area contributed by atoms with E-state index >= 15 is 0 Å². The summed E-state index contributed by atoms with van der Waals surface area (Å²) in [6.45, 7) is 11.7. The molecule has 0 radical (unpaired) electrons. The molecule has 0 aliphatic carbocycles. The average molecular weight is 258 g/mol. The smallest absolute Gasteiger partial charge is 0.324 e. The molecule has 6 heteroatoms. The average Bonchev–Trinajstić information content (AvgIpc) is 2.47. The Kier molecular flexibility index (Phi) is 3.98. The fourth-order valence-corrected chi connectivity index (χ4v) is 2.32. The van der Waals surface area contributed by atoms with Crippen LogP contribution >= 0.6 is 0 Å². The highest BCUT2D eigenvalue weighted by molar-refractivity contribution is 6.74. The van der Waals surface area contributed by atoms with E-state index in [-0.39, 0.29) is 23.5 Å². The van der Waals surface area contributed by atoms with E-state index in [0.717, 1.165) is 0 Å². The first kappa shape index (κ1) is 14.2. The number of hydrogen-bond acceptors (Lipinski definition) is 3. The first-order valence-corrected chi connectivity index (χ1v) is 8.78. The molecule has 0 saturated carbocycles. The van der Waals surface area contributed by atoms with E-state index in [1.807, 2.05) is 0 Å². The van der Waals surface area contributed by atoms with Gasteiger partial charge in [0, 0.05) is 0 Å². The van der Waals surface area contributed by atoms with Crippen LogP contribution in [0.3, 0.4) is 0 Å². The largest absolute Gasteiger partial charge is 0.415 e. The Morgan fingerprint density at radius 2 is 1.94 bits per heavy atom. The molecule has 0 aromatic rings. The summed E-state index contributed by atoms with van der Waals surface area (Å²) >= 11 is 0. The maximum atomic E-state index is 11.3. The molecule has 3 amide bonds. The first-order chi connectivity index (χ1) is 7.65. The van der Waals surface area contributed by atoms with Crippen molar-refractivity contribution in [1.82, 2.24) is 10.2 Å². The van der Waals surface area contributed by atoms with Crippen molar-refractivity contribution in [3.63, 3.8) is 0 Å². The van der Waals surface area contributed by atoms with Crippen LogP contribution in [-0.2, 0) is 9.22 Å². The van der Waals surface area contributed by atoms with Gasteiger partial charge in [0.1, 0.15) is 0 Å². The second-order valence-electron chi connectivity index (χ2n) is 5.81. The van der Waals surface area contributed by atoms with Gasteiger partial charge in [-0.05, 0) is 18.1 Å². The topological polar surface area (TPSA) is 58.6 Å². The third-order valence-corrected chi connectivity index (χ3v) is 8.06. The summed E-state index contributed by atoms with van der Waals surface area (Å²) in [5.41, 5.74) is 0. The molecule has 0 unspecified atom stereocenters. The lowest BCUT2D eigenvalue weighted by molar-refractivity contribution is -0.125. The van der Waals surface area contributed by atoms with Gasteiger partial charge in [-0.3, -0.25) is 9.69 Å². The lowest BCUT2D eigenvalue weighted by Gasteiger charge is -2.36. The normalized spacial score (nSPS) is 17.6. The monoisotopic (exact) mass is 258 g/mol. The van der Waals surface area contributed by atoms with E-state index in [4.69, 9.17) is 4.43 Å². The van der Waals surface area contributed by atoms with Crippen molar-refractivity contribution in [2.45, 2.75) is 38.9 Å². The molecule has 0 spiro atoms. The number of rotatable bonds is 4. The van der Waals surface area contributed by atoms with Crippen LogP contribution in [0.4, 0.5) is 4.79 Å². The molecular weight excluding hydrogens is 236 g/mol. The summed E-state index contributed by atoms with van der Waals surface area (Å²) in [7, 11) is -1.79. The van der Waals surface area contributed by atoms with E-state index in [2.05, 4.69) is 39.2 Å². The van der Waals surface area contributed by atoms with E-state index in [9.17, 15) is 9.59 Å². The number of urea groups is 1. The third kappa shape index (κ3) is 3.29. The van der Waals surface area contributed by atoms with Crippen molar-refractivity contribution in [1.29, 1.82) is 0 Å². The van der Waals surface area contributed by atoms with Gasteiger partial charge in [0.05, 0.1) is 19.7 Å². The molecule has 1 rings (SSSR count). The number of imide groups is 1. The van der Waals surface area contributed by atoms with Gasteiger partial charge in [0.25, 0.3) is 0 Å². The van der Waals surface area contributed by atoms with E-state index in [1.54, 1.807) is 0 Å². The number of nitrogens with zero attached hydrogens (tertiary/aromatic N) is 1. The minimum absolute atomic E-state index is 0.110. The predicted molar refractivity (Wildman–Crippen MR) is 68.3 cm³/mol. The summed E-state index contributed by atoms with van der Waals surface area (Å²) in [6, 6.07) is -0.311. The Morgan fingerprint density at radius 1 is 1.35 bits per heavy atom. The summed E-state index contributed by atoms with van der Waals surface area (Å²) in [6.07, 6.45) is 0. The number of amides is 3. The van der Waals surface area contributed by atoms with Crippen LogP contribution in [0.1, 0.15) is 20.8 Å². The van der Waals surface area contributed by atoms with E-state index < -0.39 is 8.32 Å². The molecule has 1 aliphatic heterocycles. The number of carbonyl (C=O) groups is 2. The van der Waals surface area contributed by atoms with Crippen molar-refractivity contribution in [3.8, 4) is 0 Å². The fourth-order valence-electron chi connectivity index (χ4n) is 1.29. The van der Waals surface area contributed by atoms with Crippen molar-refractivity contribution >= 4 is 20.3 Å². The Balaban J connectivity index is 2.43. The molecule has 1 fully saturated rings. The predicted octanol–water partition coefficient (Wildman–Crippen LogP) is 1.56. The lowest BCUT2D eigenvalue weighted by Crippen LogP contribution is -2.43. The lowest BCUT2D eigenvalue weighted by atomic mass is 10.2. The second-order valence-corrected chi connectivity index (χ2v) is 10.6. The van der Waals surface area contributed by atoms with Gasteiger partial charge in [-0.25, -0.2) is 4.79 Å². The molecule has 17 heavy (non-hydrogen) atoms. The molecule has 0 atom stereocenters. The highest BCUT2D eigenvalue weighted by Gasteiger charge is 2.37. The SMILES string of the molecule is CC(C)(C)[Si](C)(C)OCCN1C(=O)CNC1=O. The maximum Gasteiger partial charge on any atom is 0.324 e. The van der Waals surface area contributed by atoms with Gasteiger partial charge >= 0.3 is 6.03 Å². The van der Waals surface area contributed by atoms with Gasteiger partial charge in [0.15, 0.2) is 8.32 Å². The highest BCUT2D eigenvalue weighted by atomic mass is 28.4. The molecule has 98 valence electrons. The van der Waals surface area contributed by atoms with Crippen LogP contribution in [0.2, 0.25) is 18.1 Å². The summed E-state index contributed by atoms with van der Waals surface area (Å²) < 4.78 is 5.92. The van der Waals surface area contributed by atoms with Crippen molar-refractivity contribution in [3.05, 3.63) is 0 Å². The van der Waals surface area contributed by atoms with Gasteiger partial charge in [-0.15, -0.1) is 0 Å². The zero-order valence-corrected chi connectivity index (χ0v) is 12.3. The Bertz CT molecular complexity index is 307. The molecule has 0 aromatic carbocycles. The number of nitrogens with one attached hydrogen (secondary N) is 1. The van der Waals surface area contributed by atoms with E-state index in [1.165, 1.54) is 4.90 Å². The molecule has 1 saturated heterocycles. The van der Waals surface area contributed by atoms with Gasteiger partial charge in [-0.1, -0.05) is 20.8 Å². The van der Waals surface area contributed by atoms with Gasteiger partial charge in [0.2, 0.25) is 5.91 Å². The molecule has 1 aliphatic rings. The third-order valence-electron chi connectivity index (χ3n) is 3.52. The van der Waals surface area contributed by atoms with Crippen molar-refractivity contribution in [2.75, 3.05) is 19.7 Å². The minimum atomic E-state index is -1.79. The van der Waals surface area contributed by atoms with Gasteiger partial charge < -0.3 is 9.74 Å². The van der Waals surface area contributed by atoms with Gasteiger partial charge in [-0.2, -0.15) is 0 Å². The Hall–Kier alpha value is -0.883. The molecular formula is C11H22N2O3Si. The second kappa shape index (κ2) is 4.78. The highest BCUT2D eigenvalue weighted by Crippen LogP contribution is 2.36. The zero-order chi connectivity index (χ0) is 13.3. The van der Waals surface area contributed by atoms with Crippen molar-refractivity contribution < 1.29 is 14.0 Å². The minimum Gasteiger partial charge on any atom is -0.415 e.